The topological polar surface area (TPSA) is 421 Å². The van der Waals surface area contributed by atoms with Crippen molar-refractivity contribution in [2.45, 2.75) is 95.6 Å². The molecule has 0 amide bonds. The van der Waals surface area contributed by atoms with Crippen molar-refractivity contribution in [3.8, 4) is 0 Å². The van der Waals surface area contributed by atoms with Gasteiger partial charge in [0.05, 0.1) is 80.5 Å². The number of fused-ring (bicyclic) bond motifs is 6. The van der Waals surface area contributed by atoms with Gasteiger partial charge >= 0.3 is 5.97 Å². The van der Waals surface area contributed by atoms with Crippen LogP contribution in [0.1, 0.15) is 76.3 Å². The van der Waals surface area contributed by atoms with Crippen molar-refractivity contribution in [1.29, 1.82) is 0 Å². The van der Waals surface area contributed by atoms with Gasteiger partial charge in [0.15, 0.2) is 5.71 Å². The zero-order valence-corrected chi connectivity index (χ0v) is 50.6. The number of nitrogens with zero attached hydrogens (tertiary/aromatic N) is 2. The number of benzene rings is 4. The van der Waals surface area contributed by atoms with Crippen LogP contribution in [-0.2, 0) is 95.3 Å². The summed E-state index contributed by atoms with van der Waals surface area (Å²) in [5.74, 6) is -2.72. The van der Waals surface area contributed by atoms with Crippen LogP contribution in [0, 0.1) is 0 Å². The Balaban J connectivity index is 1.54. The summed E-state index contributed by atoms with van der Waals surface area (Å²) in [5.41, 5.74) is -1.28. The maximum Gasteiger partial charge on any atom is 0.303 e. The summed E-state index contributed by atoms with van der Waals surface area (Å²) in [7, 11) is -29.7. The number of aliphatic carboxylic acids is 1. The van der Waals surface area contributed by atoms with E-state index in [0.29, 0.717) is 55.1 Å². The molecule has 0 fully saturated rings. The lowest BCUT2D eigenvalue weighted by molar-refractivity contribution is -0.437. The van der Waals surface area contributed by atoms with E-state index in [1.54, 1.807) is 19.1 Å². The van der Waals surface area contributed by atoms with Gasteiger partial charge in [-0.2, -0.15) is 13.0 Å². The molecule has 464 valence electrons. The van der Waals surface area contributed by atoms with Gasteiger partial charge in [-0.15, -0.1) is 0 Å². The Labute approximate surface area is 487 Å². The molecule has 32 heteroatoms. The van der Waals surface area contributed by atoms with Crippen molar-refractivity contribution in [2.24, 2.45) is 0 Å². The molecule has 26 nitrogen and oxygen atoms in total. The highest BCUT2D eigenvalue weighted by atomic mass is 32.2. The molecule has 0 radical (unpaired) electrons. The summed E-state index contributed by atoms with van der Waals surface area (Å²) >= 11 is 0. The van der Waals surface area contributed by atoms with Crippen LogP contribution in [0.3, 0.4) is 0 Å². The third-order valence-corrected chi connectivity index (χ3v) is 19.4. The number of hydrogen-bond donors (Lipinski definition) is 2. The third kappa shape index (κ3) is 16.9. The van der Waals surface area contributed by atoms with Crippen molar-refractivity contribution < 1.29 is 111 Å². The summed E-state index contributed by atoms with van der Waals surface area (Å²) < 4.78 is 245. The molecular weight excluding hydrogens is 1230 g/mol. The zero-order valence-electron chi connectivity index (χ0n) is 45.7. The Morgan fingerprint density at radius 2 is 1.14 bits per heavy atom. The SMILES string of the molecule is COCCOCCOCCOCCC1(C)\C(=C/C=C/C=C/C2=[N+](CCCS(=O)(=O)O)c3ccc4c(S(=O)(=O)[O-])cc(S(=O)(=O)[O-])cc4c3C2(C)CCCS(=O)(=O)[O-])N(CCCCCC(=O)O)c2ccc3c(S(=O)(=O)[O-])cc(S(=O)(=O)[O-])cc3c21. The Morgan fingerprint density at radius 1 is 0.595 bits per heavy atom. The lowest BCUT2D eigenvalue weighted by Crippen LogP contribution is -2.32. The number of rotatable bonds is 33. The smallest absolute Gasteiger partial charge is 0.303 e. The van der Waals surface area contributed by atoms with Gasteiger partial charge in [0, 0.05) is 78.7 Å². The second-order valence-corrected chi connectivity index (χ2v) is 28.8. The highest BCUT2D eigenvalue weighted by molar-refractivity contribution is 7.87. The molecule has 0 spiro atoms. The van der Waals surface area contributed by atoms with Gasteiger partial charge in [0.25, 0.3) is 10.1 Å². The molecule has 84 heavy (non-hydrogen) atoms. The summed E-state index contributed by atoms with van der Waals surface area (Å²) in [5, 5.41) is 8.52. The van der Waals surface area contributed by atoms with Gasteiger partial charge < -0.3 is 51.7 Å². The van der Waals surface area contributed by atoms with Crippen molar-refractivity contribution in [3.63, 3.8) is 0 Å². The van der Waals surface area contributed by atoms with Gasteiger partial charge in [-0.1, -0.05) is 30.7 Å². The lowest BCUT2D eigenvalue weighted by atomic mass is 9.74. The van der Waals surface area contributed by atoms with Crippen LogP contribution in [-0.4, -0.2) is 177 Å². The molecule has 2 heterocycles. The number of allylic oxidation sites excluding steroid dienone is 6. The van der Waals surface area contributed by atoms with Crippen LogP contribution in [0.25, 0.3) is 21.5 Å². The third-order valence-electron chi connectivity index (χ3n) is 14.4. The molecule has 2 aliphatic rings. The number of anilines is 1. The van der Waals surface area contributed by atoms with Crippen LogP contribution in [0.4, 0.5) is 11.4 Å². The molecular formula is C52H62N2O24S6-4. The minimum Gasteiger partial charge on any atom is -0.748 e. The minimum absolute atomic E-state index is 0.0165. The Morgan fingerprint density at radius 3 is 1.67 bits per heavy atom. The standard InChI is InChI=1S/C52H66N2O24S6/c1-51(19-10-30-79(57,58)59)46(54(22-11-31-80(60,61)62)42-17-15-38-40(49(42)51)32-36(81(63,64)65)34-44(38)83(69,70)71)12-6-4-7-13-47-52(2,20-23-76-26-27-78-29-28-77-25-24-75-3)50-41-33-37(82(66,67)68)35-45(84(72,73)74)39(41)16-18-43(50)53(47)21-9-5-8-14-48(55)56/h4,6-7,12-13,15-18,32-35H,5,8-11,14,19-31H2,1-3H3,(H6-,55,56,57,58,59,60,61,62,63,64,65,66,67,68,69,70,71,72,73,74)/p-4. The average molecular weight is 1290 g/mol. The largest absolute Gasteiger partial charge is 0.748 e. The Hall–Kier alpha value is -5.14. The van der Waals surface area contributed by atoms with Crippen LogP contribution in [0.2, 0.25) is 0 Å². The van der Waals surface area contributed by atoms with Gasteiger partial charge in [-0.25, -0.2) is 42.1 Å². The minimum atomic E-state index is -5.51. The highest BCUT2D eigenvalue weighted by Gasteiger charge is 2.49. The summed E-state index contributed by atoms with van der Waals surface area (Å²) in [6.45, 7) is 4.69. The van der Waals surface area contributed by atoms with E-state index in [1.165, 1.54) is 55.0 Å². The van der Waals surface area contributed by atoms with Gasteiger partial charge in [-0.05, 0) is 110 Å². The quantitative estimate of drug-likeness (QED) is 0.0294. The second kappa shape index (κ2) is 27.3. The van der Waals surface area contributed by atoms with E-state index in [-0.39, 0.29) is 123 Å². The molecule has 2 atom stereocenters. The molecule has 0 bridgehead atoms. The van der Waals surface area contributed by atoms with Crippen LogP contribution in [0.5, 0.6) is 0 Å². The molecule has 2 N–H and O–H groups in total. The predicted molar refractivity (Wildman–Crippen MR) is 298 cm³/mol. The van der Waals surface area contributed by atoms with Crippen molar-refractivity contribution >= 4 is 105 Å². The number of methoxy groups -OCH3 is 1. The Bertz CT molecular complexity index is 3990. The van der Waals surface area contributed by atoms with Gasteiger partial charge in [0.1, 0.15) is 47.0 Å². The molecule has 0 saturated heterocycles. The van der Waals surface area contributed by atoms with Crippen molar-refractivity contribution in [3.05, 3.63) is 95.7 Å². The molecule has 4 aromatic rings. The van der Waals surface area contributed by atoms with E-state index in [0.717, 1.165) is 18.2 Å². The maximum absolute atomic E-state index is 12.8. The first kappa shape index (κ1) is 68.0. The fourth-order valence-corrected chi connectivity index (χ4v) is 14.4. The van der Waals surface area contributed by atoms with Crippen molar-refractivity contribution in [2.75, 3.05) is 82.9 Å². The molecule has 4 aromatic carbocycles. The van der Waals surface area contributed by atoms with E-state index in [1.807, 2.05) is 4.90 Å². The highest BCUT2D eigenvalue weighted by Crippen LogP contribution is 2.54. The fourth-order valence-electron chi connectivity index (χ4n) is 10.7. The van der Waals surface area contributed by atoms with Gasteiger partial charge in [-0.3, -0.25) is 9.35 Å². The van der Waals surface area contributed by atoms with E-state index in [9.17, 15) is 87.7 Å². The van der Waals surface area contributed by atoms with Crippen LogP contribution >= 0.6 is 0 Å². The van der Waals surface area contributed by atoms with E-state index < -0.39 is 109 Å². The van der Waals surface area contributed by atoms with Crippen LogP contribution in [0.15, 0.2) is 104 Å². The van der Waals surface area contributed by atoms with Crippen LogP contribution < -0.4 is 4.90 Å². The second-order valence-electron chi connectivity index (χ2n) is 20.2. The number of hydrogen-bond acceptors (Lipinski definition) is 23. The number of carbonyl (C=O) groups is 1. The average Bonchev–Trinajstić information content (AvgIpc) is 2.27. The molecule has 6 rings (SSSR count). The Kier molecular flexibility index (Phi) is 22.1. The first-order chi connectivity index (χ1) is 39.0. The van der Waals surface area contributed by atoms with Crippen molar-refractivity contribution in [1.82, 2.24) is 0 Å². The van der Waals surface area contributed by atoms with E-state index in [4.69, 9.17) is 18.9 Å². The number of carboxylic acids is 1. The molecule has 2 aliphatic heterocycles. The predicted octanol–water partition coefficient (Wildman–Crippen LogP) is 4.07. The number of ether oxygens (including phenoxy) is 4. The molecule has 0 aliphatic carbocycles. The molecule has 2 unspecified atom stereocenters. The summed E-state index contributed by atoms with van der Waals surface area (Å²) in [4.78, 5) is 9.12. The number of unbranched alkanes of at least 4 members (excludes halogenated alkanes) is 2. The first-order valence-corrected chi connectivity index (χ1v) is 34.7. The lowest BCUT2D eigenvalue weighted by Gasteiger charge is -2.31. The molecule has 0 aromatic heterocycles. The first-order valence-electron chi connectivity index (χ1n) is 25.9. The normalized spacial score (nSPS) is 18.6. The summed E-state index contributed by atoms with van der Waals surface area (Å²) in [6, 6.07) is 8.09. The maximum atomic E-state index is 12.8. The monoisotopic (exact) mass is 1290 g/mol. The summed E-state index contributed by atoms with van der Waals surface area (Å²) in [6.07, 6.45) is 7.78. The fraction of sp³-hybridized carbons (Fsp3) is 0.462. The van der Waals surface area contributed by atoms with Gasteiger partial charge in [0.2, 0.25) is 5.69 Å². The van der Waals surface area contributed by atoms with E-state index in [2.05, 4.69) is 0 Å². The number of carboxylic acid groups (broad SMARTS) is 1. The van der Waals surface area contributed by atoms with E-state index >= 15 is 0 Å². The molecule has 0 saturated carbocycles. The zero-order chi connectivity index (χ0) is 62.3.